The molecule has 0 rings (SSSR count). The highest BCUT2D eigenvalue weighted by atomic mass is 16.6. The monoisotopic (exact) mass is 457 g/mol. The number of carboxylic acid groups (broad SMARTS) is 1. The first-order valence-corrected chi connectivity index (χ1v) is 10.7. The molecule has 0 fully saturated rings. The second-order valence-corrected chi connectivity index (χ2v) is 6.88. The smallest absolute Gasteiger partial charge is 0.330 e. The van der Waals surface area contributed by atoms with Crippen LogP contribution in [0.1, 0.15) is 67.2 Å². The highest BCUT2D eigenvalue weighted by Gasteiger charge is 2.12. The lowest BCUT2D eigenvalue weighted by atomic mass is 10.1. The van der Waals surface area contributed by atoms with Gasteiger partial charge in [-0.2, -0.15) is 5.26 Å². The van der Waals surface area contributed by atoms with Crippen molar-refractivity contribution in [2.24, 2.45) is 17.8 Å². The summed E-state index contributed by atoms with van der Waals surface area (Å²) < 4.78 is 14.2. The molecule has 0 amide bonds. The predicted octanol–water partition coefficient (Wildman–Crippen LogP) is 3.91. The zero-order valence-corrected chi connectivity index (χ0v) is 20.2. The van der Waals surface area contributed by atoms with Gasteiger partial charge in [-0.1, -0.05) is 48.1 Å². The van der Waals surface area contributed by atoms with Gasteiger partial charge in [0.2, 0.25) is 0 Å². The van der Waals surface area contributed by atoms with E-state index in [1.54, 1.807) is 13.8 Å². The van der Waals surface area contributed by atoms with Gasteiger partial charge in [0.05, 0.1) is 30.2 Å². The van der Waals surface area contributed by atoms with Crippen LogP contribution in [0.2, 0.25) is 0 Å². The standard InChI is InChI=1S/C10H16O4.C8H13NO2.C5H10O2/c1-4-8(3)10(12)14-7-6-13-9(11)5-2;1-3-7(2)8(10)11-6-4-5-9;1-3-4(2)5(6)7/h5,8H,2,4,6-7H2,1,3H3;7H,3-4,6H2,1-2H3;4H,3H2,1-2H3,(H,6,7). The van der Waals surface area contributed by atoms with Gasteiger partial charge in [0.25, 0.3) is 0 Å². The SMILES string of the molecule is C=CC(=O)OCCOC(=O)C(C)CC.CCC(C)C(=O)O.CCC(C)C(=O)OCCC#N. The largest absolute Gasteiger partial charge is 0.481 e. The molecule has 9 heteroatoms. The van der Waals surface area contributed by atoms with E-state index in [-0.39, 0.29) is 55.9 Å². The van der Waals surface area contributed by atoms with Crippen LogP contribution in [0.15, 0.2) is 12.7 Å². The Balaban J connectivity index is -0.000000417. The molecule has 0 heterocycles. The fourth-order valence-corrected chi connectivity index (χ4v) is 1.33. The van der Waals surface area contributed by atoms with Crippen LogP contribution in [0.3, 0.4) is 0 Å². The molecule has 0 aliphatic rings. The van der Waals surface area contributed by atoms with Gasteiger partial charge in [0.15, 0.2) is 0 Å². The van der Waals surface area contributed by atoms with Crippen LogP contribution in [0.5, 0.6) is 0 Å². The van der Waals surface area contributed by atoms with Gasteiger partial charge >= 0.3 is 23.9 Å². The molecule has 0 aromatic carbocycles. The third kappa shape index (κ3) is 21.8. The number of hydrogen-bond donors (Lipinski definition) is 1. The summed E-state index contributed by atoms with van der Waals surface area (Å²) in [5.41, 5.74) is 0. The van der Waals surface area contributed by atoms with Crippen molar-refractivity contribution >= 4 is 23.9 Å². The Hall–Kier alpha value is -2.89. The maximum Gasteiger partial charge on any atom is 0.330 e. The van der Waals surface area contributed by atoms with Gasteiger partial charge in [-0.15, -0.1) is 0 Å². The van der Waals surface area contributed by atoms with E-state index in [2.05, 4.69) is 11.3 Å². The zero-order valence-electron chi connectivity index (χ0n) is 20.2. The van der Waals surface area contributed by atoms with E-state index in [1.807, 2.05) is 33.8 Å². The molecule has 3 unspecified atom stereocenters. The Morgan fingerprint density at radius 1 is 0.844 bits per heavy atom. The number of nitriles is 1. The van der Waals surface area contributed by atoms with Crippen molar-refractivity contribution in [2.75, 3.05) is 19.8 Å². The van der Waals surface area contributed by atoms with Crippen LogP contribution in [0, 0.1) is 29.1 Å². The molecule has 0 aliphatic carbocycles. The molecule has 0 saturated heterocycles. The number of hydrogen-bond acceptors (Lipinski definition) is 8. The topological polar surface area (TPSA) is 140 Å². The van der Waals surface area contributed by atoms with Crippen molar-refractivity contribution in [3.05, 3.63) is 12.7 Å². The summed E-state index contributed by atoms with van der Waals surface area (Å²) in [5, 5.41) is 16.3. The summed E-state index contributed by atoms with van der Waals surface area (Å²) >= 11 is 0. The van der Waals surface area contributed by atoms with E-state index < -0.39 is 11.9 Å². The molecule has 0 spiro atoms. The predicted molar refractivity (Wildman–Crippen MR) is 119 cm³/mol. The van der Waals surface area contributed by atoms with E-state index >= 15 is 0 Å². The minimum absolute atomic E-state index is 0.0475. The Labute approximate surface area is 191 Å². The maximum absolute atomic E-state index is 11.1. The Bertz CT molecular complexity index is 597. The summed E-state index contributed by atoms with van der Waals surface area (Å²) in [4.78, 5) is 42.5. The van der Waals surface area contributed by atoms with Gasteiger partial charge in [-0.05, 0) is 19.3 Å². The van der Waals surface area contributed by atoms with Crippen LogP contribution in [0.4, 0.5) is 0 Å². The molecular formula is C23H39NO8. The number of carbonyl (C=O) groups excluding carboxylic acids is 3. The normalized spacial score (nSPS) is 12.0. The van der Waals surface area contributed by atoms with Crippen molar-refractivity contribution in [3.8, 4) is 6.07 Å². The van der Waals surface area contributed by atoms with Crippen LogP contribution in [0.25, 0.3) is 0 Å². The molecular weight excluding hydrogens is 418 g/mol. The van der Waals surface area contributed by atoms with E-state index in [0.717, 1.165) is 25.3 Å². The van der Waals surface area contributed by atoms with Gasteiger partial charge in [-0.3, -0.25) is 14.4 Å². The molecule has 1 N–H and O–H groups in total. The Morgan fingerprint density at radius 3 is 1.56 bits per heavy atom. The van der Waals surface area contributed by atoms with Gasteiger partial charge < -0.3 is 19.3 Å². The number of carboxylic acids is 1. The number of esters is 3. The number of nitrogens with zero attached hydrogens (tertiary/aromatic N) is 1. The number of carbonyl (C=O) groups is 4. The Morgan fingerprint density at radius 2 is 1.25 bits per heavy atom. The molecule has 0 saturated carbocycles. The maximum atomic E-state index is 11.1. The highest BCUT2D eigenvalue weighted by Crippen LogP contribution is 2.03. The summed E-state index contributed by atoms with van der Waals surface area (Å²) in [6.45, 7) is 14.6. The van der Waals surface area contributed by atoms with Crippen LogP contribution in [-0.4, -0.2) is 48.8 Å². The third-order valence-corrected chi connectivity index (χ3v) is 4.26. The fraction of sp³-hybridized carbons (Fsp3) is 0.696. The summed E-state index contributed by atoms with van der Waals surface area (Å²) in [7, 11) is 0. The van der Waals surface area contributed by atoms with Crippen LogP contribution >= 0.6 is 0 Å². The molecule has 0 bridgehead atoms. The molecule has 184 valence electrons. The second kappa shape index (κ2) is 22.8. The molecule has 32 heavy (non-hydrogen) atoms. The van der Waals surface area contributed by atoms with Gasteiger partial charge in [0.1, 0.15) is 19.8 Å². The van der Waals surface area contributed by atoms with Crippen molar-refractivity contribution < 1.29 is 38.5 Å². The number of ether oxygens (including phenoxy) is 3. The molecule has 3 atom stereocenters. The summed E-state index contributed by atoms with van der Waals surface area (Å²) in [6, 6.07) is 1.90. The average molecular weight is 458 g/mol. The number of rotatable bonds is 12. The van der Waals surface area contributed by atoms with Crippen molar-refractivity contribution in [1.29, 1.82) is 5.26 Å². The van der Waals surface area contributed by atoms with Gasteiger partial charge in [-0.25, -0.2) is 4.79 Å². The van der Waals surface area contributed by atoms with E-state index in [4.69, 9.17) is 19.8 Å². The van der Waals surface area contributed by atoms with Crippen molar-refractivity contribution in [1.82, 2.24) is 0 Å². The first-order valence-electron chi connectivity index (χ1n) is 10.7. The molecule has 0 aliphatic heterocycles. The summed E-state index contributed by atoms with van der Waals surface area (Å²) in [5.74, 6) is -2.02. The van der Waals surface area contributed by atoms with Crippen LogP contribution in [-0.2, 0) is 33.4 Å². The zero-order chi connectivity index (χ0) is 25.5. The van der Waals surface area contributed by atoms with E-state index in [1.165, 1.54) is 0 Å². The average Bonchev–Trinajstić information content (AvgIpc) is 2.80. The molecule has 0 aromatic rings. The lowest BCUT2D eigenvalue weighted by Crippen LogP contribution is -2.17. The van der Waals surface area contributed by atoms with E-state index in [9.17, 15) is 19.2 Å². The lowest BCUT2D eigenvalue weighted by molar-refractivity contribution is -0.152. The second-order valence-electron chi connectivity index (χ2n) is 6.88. The molecule has 0 radical (unpaired) electrons. The molecule has 9 nitrogen and oxygen atoms in total. The minimum Gasteiger partial charge on any atom is -0.481 e. The van der Waals surface area contributed by atoms with E-state index in [0.29, 0.717) is 0 Å². The fourth-order valence-electron chi connectivity index (χ4n) is 1.33. The van der Waals surface area contributed by atoms with Gasteiger partial charge in [0, 0.05) is 6.08 Å². The number of aliphatic carboxylic acids is 1. The first kappa shape index (κ1) is 33.7. The summed E-state index contributed by atoms with van der Waals surface area (Å²) in [6.07, 6.45) is 3.59. The lowest BCUT2D eigenvalue weighted by Gasteiger charge is -2.08. The first-order chi connectivity index (χ1) is 15.0. The minimum atomic E-state index is -0.706. The van der Waals surface area contributed by atoms with Crippen molar-refractivity contribution in [2.45, 2.75) is 67.2 Å². The van der Waals surface area contributed by atoms with Crippen LogP contribution < -0.4 is 0 Å². The Kier molecular flexibility index (Phi) is 24.0. The third-order valence-electron chi connectivity index (χ3n) is 4.26. The molecule has 0 aromatic heterocycles. The highest BCUT2D eigenvalue weighted by molar-refractivity contribution is 5.81. The van der Waals surface area contributed by atoms with Crippen molar-refractivity contribution in [3.63, 3.8) is 0 Å². The quantitative estimate of drug-likeness (QED) is 0.200.